The zero-order valence-electron chi connectivity index (χ0n) is 18.3. The minimum Gasteiger partial charge on any atom is -0.456 e. The molecule has 0 spiro atoms. The Labute approximate surface area is 197 Å². The third kappa shape index (κ3) is 2.22. The Morgan fingerprint density at radius 1 is 0.529 bits per heavy atom. The van der Waals surface area contributed by atoms with Crippen molar-refractivity contribution in [3.8, 4) is 11.1 Å². The van der Waals surface area contributed by atoms with Crippen LogP contribution in [-0.4, -0.2) is 6.98 Å². The van der Waals surface area contributed by atoms with Gasteiger partial charge in [-0.25, -0.2) is 0 Å². The number of para-hydroxylation sites is 5. The van der Waals surface area contributed by atoms with Crippen molar-refractivity contribution in [2.75, 3.05) is 9.62 Å². The van der Waals surface area contributed by atoms with E-state index in [1.807, 2.05) is 6.07 Å². The van der Waals surface area contributed by atoms with Crippen molar-refractivity contribution in [1.82, 2.24) is 0 Å². The second kappa shape index (κ2) is 6.55. The molecule has 0 saturated carbocycles. The molecular formula is C30H19BN2O. The summed E-state index contributed by atoms with van der Waals surface area (Å²) in [4.78, 5) is 4.96. The van der Waals surface area contributed by atoms with Gasteiger partial charge >= 0.3 is 6.98 Å². The molecule has 0 saturated heterocycles. The molecule has 0 aliphatic carbocycles. The molecule has 0 atom stereocenters. The topological polar surface area (TPSA) is 19.6 Å². The third-order valence-corrected chi connectivity index (χ3v) is 7.21. The molecule has 34 heavy (non-hydrogen) atoms. The lowest BCUT2D eigenvalue weighted by Gasteiger charge is -2.36. The van der Waals surface area contributed by atoms with Crippen LogP contribution in [-0.2, 0) is 0 Å². The molecule has 0 radical (unpaired) electrons. The first-order chi connectivity index (χ1) is 16.9. The molecule has 0 bridgehead atoms. The molecule has 2 aliphatic rings. The van der Waals surface area contributed by atoms with Gasteiger partial charge in [0.15, 0.2) is 0 Å². The van der Waals surface area contributed by atoms with Gasteiger partial charge in [0, 0.05) is 27.7 Å². The molecule has 2 aliphatic heterocycles. The minimum atomic E-state index is 0.0164. The number of benzene rings is 5. The van der Waals surface area contributed by atoms with Crippen LogP contribution in [0.2, 0.25) is 0 Å². The van der Waals surface area contributed by atoms with Crippen molar-refractivity contribution in [3.05, 3.63) is 115 Å². The molecule has 3 heterocycles. The number of fused-ring (bicyclic) bond motifs is 12. The van der Waals surface area contributed by atoms with Gasteiger partial charge in [0.05, 0.1) is 11.4 Å². The SMILES string of the molecule is c1ccc(N2B3c4ccc5oc6ccccc6c5c4-c4ccccc4N3c3ccccc32)cc1. The van der Waals surface area contributed by atoms with E-state index in [0.29, 0.717) is 0 Å². The van der Waals surface area contributed by atoms with Crippen LogP contribution in [0.25, 0.3) is 33.1 Å². The molecule has 1 aromatic heterocycles. The smallest absolute Gasteiger partial charge is 0.421 e. The van der Waals surface area contributed by atoms with Crippen molar-refractivity contribution in [1.29, 1.82) is 0 Å². The normalized spacial score (nSPS) is 13.7. The zero-order chi connectivity index (χ0) is 22.2. The fourth-order valence-electron chi connectivity index (χ4n) is 5.89. The first-order valence-electron chi connectivity index (χ1n) is 11.7. The number of nitrogens with zero attached hydrogens (tertiary/aromatic N) is 2. The minimum absolute atomic E-state index is 0.0164. The Bertz CT molecular complexity index is 1720. The Kier molecular flexibility index (Phi) is 3.48. The quantitative estimate of drug-likeness (QED) is 0.254. The number of hydrogen-bond acceptors (Lipinski definition) is 3. The second-order valence-electron chi connectivity index (χ2n) is 8.96. The molecule has 5 aromatic carbocycles. The molecule has 3 nitrogen and oxygen atoms in total. The van der Waals surface area contributed by atoms with E-state index in [-0.39, 0.29) is 6.98 Å². The highest BCUT2D eigenvalue weighted by molar-refractivity contribution is 6.86. The standard InChI is InChI=1S/C30H19BN2O/c1-2-10-20(11-3-1)32-25-15-7-8-16-26(25)33-24-14-6-4-12-21(24)29-23(31(32)33)18-19-28-30(29)22-13-5-9-17-27(22)34-28/h1-19H. The van der Waals surface area contributed by atoms with Gasteiger partial charge in [-0.1, -0.05) is 72.8 Å². The lowest BCUT2D eigenvalue weighted by atomic mass is 9.59. The van der Waals surface area contributed by atoms with Gasteiger partial charge in [0.25, 0.3) is 0 Å². The summed E-state index contributed by atoms with van der Waals surface area (Å²) in [5.41, 5.74) is 10.5. The van der Waals surface area contributed by atoms with Gasteiger partial charge in [-0.05, 0) is 53.5 Å². The van der Waals surface area contributed by atoms with Crippen LogP contribution in [0, 0.1) is 0 Å². The molecule has 0 amide bonds. The molecule has 0 unspecified atom stereocenters. The van der Waals surface area contributed by atoms with Gasteiger partial charge in [-0.2, -0.15) is 0 Å². The van der Waals surface area contributed by atoms with E-state index in [4.69, 9.17) is 4.42 Å². The number of hydrogen-bond donors (Lipinski definition) is 0. The van der Waals surface area contributed by atoms with Crippen LogP contribution in [0.5, 0.6) is 0 Å². The predicted molar refractivity (Wildman–Crippen MR) is 142 cm³/mol. The van der Waals surface area contributed by atoms with E-state index in [1.165, 1.54) is 50.1 Å². The molecule has 0 fully saturated rings. The maximum absolute atomic E-state index is 6.29. The average molecular weight is 434 g/mol. The van der Waals surface area contributed by atoms with Crippen LogP contribution in [0.4, 0.5) is 22.7 Å². The fraction of sp³-hybridized carbons (Fsp3) is 0. The Morgan fingerprint density at radius 2 is 1.21 bits per heavy atom. The molecule has 158 valence electrons. The Balaban J connectivity index is 1.52. The summed E-state index contributed by atoms with van der Waals surface area (Å²) < 4.78 is 6.29. The fourth-order valence-corrected chi connectivity index (χ4v) is 5.89. The summed E-state index contributed by atoms with van der Waals surface area (Å²) in [6.45, 7) is 0.0164. The molecule has 8 rings (SSSR count). The third-order valence-electron chi connectivity index (χ3n) is 7.21. The molecule has 6 aromatic rings. The van der Waals surface area contributed by atoms with Crippen LogP contribution < -0.4 is 15.1 Å². The van der Waals surface area contributed by atoms with E-state index < -0.39 is 0 Å². The lowest BCUT2D eigenvalue weighted by Crippen LogP contribution is -2.55. The summed E-state index contributed by atoms with van der Waals surface area (Å²) in [5, 5.41) is 2.36. The van der Waals surface area contributed by atoms with E-state index in [2.05, 4.69) is 119 Å². The van der Waals surface area contributed by atoms with Crippen molar-refractivity contribution in [2.45, 2.75) is 0 Å². The monoisotopic (exact) mass is 434 g/mol. The molecule has 4 heteroatoms. The summed E-state index contributed by atoms with van der Waals surface area (Å²) in [7, 11) is 0. The summed E-state index contributed by atoms with van der Waals surface area (Å²) in [5.74, 6) is 0. The predicted octanol–water partition coefficient (Wildman–Crippen LogP) is 7.25. The highest BCUT2D eigenvalue weighted by Gasteiger charge is 2.48. The Morgan fingerprint density at radius 3 is 2.06 bits per heavy atom. The van der Waals surface area contributed by atoms with Crippen LogP contribution in [0.1, 0.15) is 0 Å². The van der Waals surface area contributed by atoms with E-state index in [1.54, 1.807) is 0 Å². The Hall–Kier alpha value is -4.44. The lowest BCUT2D eigenvalue weighted by molar-refractivity contribution is 0.669. The van der Waals surface area contributed by atoms with Gasteiger partial charge in [0.1, 0.15) is 11.2 Å². The van der Waals surface area contributed by atoms with Gasteiger partial charge in [-0.3, -0.25) is 0 Å². The largest absolute Gasteiger partial charge is 0.456 e. The van der Waals surface area contributed by atoms with E-state index in [0.717, 1.165) is 11.2 Å². The summed E-state index contributed by atoms with van der Waals surface area (Å²) >= 11 is 0. The first-order valence-corrected chi connectivity index (χ1v) is 11.7. The van der Waals surface area contributed by atoms with Crippen molar-refractivity contribution in [3.63, 3.8) is 0 Å². The highest BCUT2D eigenvalue weighted by Crippen LogP contribution is 2.52. The maximum Gasteiger partial charge on any atom is 0.421 e. The van der Waals surface area contributed by atoms with Gasteiger partial charge in [-0.15, -0.1) is 0 Å². The van der Waals surface area contributed by atoms with Crippen molar-refractivity contribution >= 4 is 57.1 Å². The average Bonchev–Trinajstić information content (AvgIpc) is 3.45. The first kappa shape index (κ1) is 18.0. The molecular weight excluding hydrogens is 415 g/mol. The summed E-state index contributed by atoms with van der Waals surface area (Å²) in [6, 6.07) is 41.0. The zero-order valence-corrected chi connectivity index (χ0v) is 18.3. The van der Waals surface area contributed by atoms with Crippen LogP contribution >= 0.6 is 0 Å². The van der Waals surface area contributed by atoms with E-state index in [9.17, 15) is 0 Å². The highest BCUT2D eigenvalue weighted by atomic mass is 16.3. The van der Waals surface area contributed by atoms with Crippen molar-refractivity contribution in [2.24, 2.45) is 0 Å². The van der Waals surface area contributed by atoms with E-state index >= 15 is 0 Å². The number of rotatable bonds is 1. The van der Waals surface area contributed by atoms with Crippen LogP contribution in [0.3, 0.4) is 0 Å². The maximum atomic E-state index is 6.29. The second-order valence-corrected chi connectivity index (χ2v) is 8.96. The summed E-state index contributed by atoms with van der Waals surface area (Å²) in [6.07, 6.45) is 0. The van der Waals surface area contributed by atoms with Crippen LogP contribution in [0.15, 0.2) is 120 Å². The van der Waals surface area contributed by atoms with Crippen molar-refractivity contribution < 1.29 is 4.42 Å². The number of furan rings is 1. The molecule has 0 N–H and O–H groups in total. The van der Waals surface area contributed by atoms with Gasteiger partial charge < -0.3 is 14.0 Å². The number of anilines is 4. The van der Waals surface area contributed by atoms with Gasteiger partial charge in [0.2, 0.25) is 0 Å².